The topological polar surface area (TPSA) is 70.7 Å². The molecule has 2 N–H and O–H groups in total. The number of nitrogens with one attached hydrogen (secondary N) is 2. The predicted molar refractivity (Wildman–Crippen MR) is 141 cm³/mol. The largest absolute Gasteiger partial charge is 0.343 e. The number of nitrogens with zero attached hydrogens (tertiary/aromatic N) is 2. The van der Waals surface area contributed by atoms with E-state index >= 15 is 0 Å². The molecular formula is C29H36N4O. The standard InChI is InChI=1S/C18H22N4.C11H14O/c1-11(2)16-8-15-17(20-10-21-18(15)22-16)13-5-6-14(9-19-4)12(3)7-13;1-11(2,3)10-6-4-9(8-12)5-7-10/h5-8,10-11,19H,9H2,1-4H3,(H,20,21,22);4-8H,1-3H3. The molecule has 178 valence electrons. The average molecular weight is 457 g/mol. The van der Waals surface area contributed by atoms with Gasteiger partial charge >= 0.3 is 0 Å². The molecular weight excluding hydrogens is 420 g/mol. The van der Waals surface area contributed by atoms with Crippen LogP contribution in [0.4, 0.5) is 0 Å². The smallest absolute Gasteiger partial charge is 0.150 e. The van der Waals surface area contributed by atoms with Crippen LogP contribution in [0.15, 0.2) is 54.9 Å². The molecule has 0 unspecified atom stereocenters. The van der Waals surface area contributed by atoms with Gasteiger partial charge in [-0.25, -0.2) is 9.97 Å². The number of fused-ring (bicyclic) bond motifs is 1. The minimum Gasteiger partial charge on any atom is -0.343 e. The van der Waals surface area contributed by atoms with Crippen molar-refractivity contribution in [3.05, 3.63) is 82.8 Å². The molecule has 2 heterocycles. The van der Waals surface area contributed by atoms with Crippen LogP contribution in [0.3, 0.4) is 0 Å². The van der Waals surface area contributed by atoms with Gasteiger partial charge in [0, 0.05) is 28.8 Å². The maximum Gasteiger partial charge on any atom is 0.150 e. The zero-order valence-electron chi connectivity index (χ0n) is 21.4. The highest BCUT2D eigenvalue weighted by Crippen LogP contribution is 2.29. The number of aldehydes is 1. The Morgan fingerprint density at radius 1 is 1.03 bits per heavy atom. The van der Waals surface area contributed by atoms with E-state index in [2.05, 4.69) is 86.1 Å². The summed E-state index contributed by atoms with van der Waals surface area (Å²) in [5.74, 6) is 0.446. The number of rotatable bonds is 5. The summed E-state index contributed by atoms with van der Waals surface area (Å²) in [7, 11) is 1.97. The van der Waals surface area contributed by atoms with Gasteiger partial charge in [-0.3, -0.25) is 4.79 Å². The number of carbonyl (C=O) groups excluding carboxylic acids is 1. The van der Waals surface area contributed by atoms with Crippen LogP contribution in [0.5, 0.6) is 0 Å². The third kappa shape index (κ3) is 5.97. The van der Waals surface area contributed by atoms with Crippen LogP contribution >= 0.6 is 0 Å². The van der Waals surface area contributed by atoms with Gasteiger partial charge in [0.2, 0.25) is 0 Å². The number of aryl methyl sites for hydroxylation is 1. The molecule has 0 spiro atoms. The SMILES string of the molecule is CC(C)(C)c1ccc(C=O)cc1.CNCc1ccc(-c2ncnc3[nH]c(C(C)C)cc23)cc1C. The second-order valence-corrected chi connectivity index (χ2v) is 10.0. The Balaban J connectivity index is 0.000000229. The molecule has 4 aromatic rings. The number of hydrogen-bond acceptors (Lipinski definition) is 4. The summed E-state index contributed by atoms with van der Waals surface area (Å²) < 4.78 is 0. The van der Waals surface area contributed by atoms with Crippen molar-refractivity contribution in [1.29, 1.82) is 0 Å². The van der Waals surface area contributed by atoms with Crippen molar-refractivity contribution >= 4 is 17.3 Å². The number of H-pyrrole nitrogens is 1. The van der Waals surface area contributed by atoms with Crippen molar-refractivity contribution in [3.8, 4) is 11.3 Å². The molecule has 0 atom stereocenters. The summed E-state index contributed by atoms with van der Waals surface area (Å²) in [4.78, 5) is 22.6. The molecule has 0 fully saturated rings. The van der Waals surface area contributed by atoms with E-state index in [9.17, 15) is 4.79 Å². The fourth-order valence-corrected chi connectivity index (χ4v) is 3.79. The predicted octanol–water partition coefficient (Wildman–Crippen LogP) is 6.57. The lowest BCUT2D eigenvalue weighted by Gasteiger charge is -2.18. The van der Waals surface area contributed by atoms with E-state index < -0.39 is 0 Å². The molecule has 34 heavy (non-hydrogen) atoms. The number of aromatic amines is 1. The lowest BCUT2D eigenvalue weighted by Crippen LogP contribution is -2.10. The summed E-state index contributed by atoms with van der Waals surface area (Å²) in [6, 6.07) is 16.4. The van der Waals surface area contributed by atoms with Crippen LogP contribution in [0.25, 0.3) is 22.3 Å². The number of carbonyl (C=O) groups is 1. The van der Waals surface area contributed by atoms with E-state index in [0.29, 0.717) is 5.92 Å². The van der Waals surface area contributed by atoms with Crippen LogP contribution in [0.1, 0.15) is 73.3 Å². The first-order valence-corrected chi connectivity index (χ1v) is 11.8. The van der Waals surface area contributed by atoms with Gasteiger partial charge < -0.3 is 10.3 Å². The van der Waals surface area contributed by atoms with Gasteiger partial charge in [0.25, 0.3) is 0 Å². The van der Waals surface area contributed by atoms with Crippen molar-refractivity contribution in [2.24, 2.45) is 0 Å². The zero-order valence-corrected chi connectivity index (χ0v) is 21.4. The molecule has 0 saturated carbocycles. The van der Waals surface area contributed by atoms with Gasteiger partial charge in [-0.2, -0.15) is 0 Å². The first kappa shape index (κ1) is 25.3. The zero-order chi connectivity index (χ0) is 24.9. The number of benzene rings is 2. The van der Waals surface area contributed by atoms with Crippen molar-refractivity contribution in [1.82, 2.24) is 20.3 Å². The maximum atomic E-state index is 10.4. The quantitative estimate of drug-likeness (QED) is 0.333. The van der Waals surface area contributed by atoms with Crippen LogP contribution in [0.2, 0.25) is 0 Å². The minimum absolute atomic E-state index is 0.168. The Morgan fingerprint density at radius 3 is 2.29 bits per heavy atom. The summed E-state index contributed by atoms with van der Waals surface area (Å²) >= 11 is 0. The molecule has 2 aromatic heterocycles. The van der Waals surface area contributed by atoms with Crippen LogP contribution in [0, 0.1) is 6.92 Å². The molecule has 0 aliphatic heterocycles. The fourth-order valence-electron chi connectivity index (χ4n) is 3.79. The summed E-state index contributed by atoms with van der Waals surface area (Å²) in [6.45, 7) is 13.8. The minimum atomic E-state index is 0.168. The van der Waals surface area contributed by atoms with Crippen molar-refractivity contribution in [2.75, 3.05) is 7.05 Å². The third-order valence-corrected chi connectivity index (χ3v) is 5.96. The van der Waals surface area contributed by atoms with Crippen molar-refractivity contribution < 1.29 is 4.79 Å². The first-order valence-electron chi connectivity index (χ1n) is 11.8. The Labute approximate surface area is 203 Å². The van der Waals surface area contributed by atoms with E-state index in [0.717, 1.165) is 40.7 Å². The van der Waals surface area contributed by atoms with Crippen LogP contribution < -0.4 is 5.32 Å². The molecule has 0 aliphatic carbocycles. The summed E-state index contributed by atoms with van der Waals surface area (Å²) in [5, 5.41) is 4.29. The third-order valence-electron chi connectivity index (χ3n) is 5.96. The Kier molecular flexibility index (Phi) is 8.00. The monoisotopic (exact) mass is 456 g/mol. The van der Waals surface area contributed by atoms with Gasteiger partial charge in [-0.15, -0.1) is 0 Å². The average Bonchev–Trinajstić information content (AvgIpc) is 3.25. The molecule has 0 radical (unpaired) electrons. The van der Waals surface area contributed by atoms with E-state index in [1.807, 2.05) is 31.3 Å². The molecule has 0 bridgehead atoms. The van der Waals surface area contributed by atoms with Gasteiger partial charge in [0.15, 0.2) is 0 Å². The van der Waals surface area contributed by atoms with Gasteiger partial charge in [0.1, 0.15) is 18.3 Å². The second-order valence-electron chi connectivity index (χ2n) is 10.0. The van der Waals surface area contributed by atoms with Crippen molar-refractivity contribution in [2.45, 2.75) is 59.4 Å². The van der Waals surface area contributed by atoms with E-state index in [4.69, 9.17) is 0 Å². The normalized spacial score (nSPS) is 11.4. The van der Waals surface area contributed by atoms with Crippen LogP contribution in [-0.2, 0) is 12.0 Å². The highest BCUT2D eigenvalue weighted by molar-refractivity contribution is 5.91. The van der Waals surface area contributed by atoms with Crippen molar-refractivity contribution in [3.63, 3.8) is 0 Å². The molecule has 5 heteroatoms. The summed E-state index contributed by atoms with van der Waals surface area (Å²) in [6.07, 6.45) is 2.50. The van der Waals surface area contributed by atoms with Gasteiger partial charge in [-0.1, -0.05) is 71.0 Å². The fraction of sp³-hybridized carbons (Fsp3) is 0.345. The second kappa shape index (κ2) is 10.7. The highest BCUT2D eigenvalue weighted by Gasteiger charge is 2.13. The van der Waals surface area contributed by atoms with Crippen LogP contribution in [-0.4, -0.2) is 28.3 Å². The lowest BCUT2D eigenvalue weighted by atomic mass is 9.87. The molecule has 5 nitrogen and oxygen atoms in total. The molecule has 0 amide bonds. The Bertz CT molecular complexity index is 1250. The van der Waals surface area contributed by atoms with Gasteiger partial charge in [-0.05, 0) is 54.1 Å². The molecule has 4 rings (SSSR count). The first-order chi connectivity index (χ1) is 16.1. The maximum absolute atomic E-state index is 10.4. The molecule has 0 aliphatic rings. The molecule has 0 saturated heterocycles. The lowest BCUT2D eigenvalue weighted by molar-refractivity contribution is 0.112. The van der Waals surface area contributed by atoms with E-state index in [-0.39, 0.29) is 5.41 Å². The van der Waals surface area contributed by atoms with E-state index in [1.54, 1.807) is 6.33 Å². The highest BCUT2D eigenvalue weighted by atomic mass is 16.1. The summed E-state index contributed by atoms with van der Waals surface area (Å²) in [5.41, 5.74) is 8.99. The van der Waals surface area contributed by atoms with E-state index in [1.165, 1.54) is 22.4 Å². The van der Waals surface area contributed by atoms with Gasteiger partial charge in [0.05, 0.1) is 5.69 Å². The Morgan fingerprint density at radius 2 is 1.74 bits per heavy atom. The Hall–Kier alpha value is -3.31. The number of aromatic nitrogens is 3. The number of hydrogen-bond donors (Lipinski definition) is 2. The molecule has 2 aromatic carbocycles.